The van der Waals surface area contributed by atoms with Gasteiger partial charge in [-0.25, -0.2) is 9.38 Å². The van der Waals surface area contributed by atoms with Crippen molar-refractivity contribution in [1.29, 1.82) is 0 Å². The minimum Gasteiger partial charge on any atom is -0.778 e. The Morgan fingerprint density at radius 1 is 1.20 bits per heavy atom. The fourth-order valence-corrected chi connectivity index (χ4v) is 8.34. The Kier molecular flexibility index (Phi) is 18.4. The molecule has 2 aliphatic heterocycles. The summed E-state index contributed by atoms with van der Waals surface area (Å²) in [6.07, 6.45) is 12.1. The van der Waals surface area contributed by atoms with E-state index in [9.17, 15) is 31.9 Å². The van der Waals surface area contributed by atoms with E-state index < -0.39 is 47.4 Å². The molecular weight excluding hydrogens is 990 g/mol. The lowest BCUT2D eigenvalue weighted by Crippen LogP contribution is -2.39. The third-order valence-electron chi connectivity index (χ3n) is 8.44. The zero-order chi connectivity index (χ0) is 49.3. The molecule has 1 amide bonds. The van der Waals surface area contributed by atoms with Gasteiger partial charge in [-0.3, -0.25) is 24.5 Å². The second-order valence-corrected chi connectivity index (χ2v) is 22.2. The number of carbonyl (C=O) groups excluding carboxylic acids is 1. The monoisotopic (exact) mass is 1030 g/mol. The number of carboxylic acid groups (broad SMARTS) is 1. The summed E-state index contributed by atoms with van der Waals surface area (Å²) < 4.78 is 75.2. The minimum absolute atomic E-state index is 0.0111. The number of halogens is 3. The number of rotatable bonds is 11. The molecule has 21 nitrogen and oxygen atoms in total. The molecule has 0 saturated heterocycles. The van der Waals surface area contributed by atoms with Crippen molar-refractivity contribution in [2.75, 3.05) is 68.6 Å². The highest BCUT2D eigenvalue weighted by Crippen LogP contribution is 2.38. The molecule has 0 saturated carbocycles. The van der Waals surface area contributed by atoms with Crippen LogP contribution in [0, 0.1) is 30.5 Å². The average molecular weight is 1040 g/mol. The predicted molar refractivity (Wildman–Crippen MR) is 247 cm³/mol. The summed E-state index contributed by atoms with van der Waals surface area (Å²) >= 11 is 13.4. The maximum absolute atomic E-state index is 14.5. The maximum Gasteiger partial charge on any atom is 0.317 e. The van der Waals surface area contributed by atoms with Crippen LogP contribution in [-0.2, 0) is 48.0 Å². The highest BCUT2D eigenvalue weighted by Gasteiger charge is 2.32. The Bertz CT molecular complexity index is 2860. The van der Waals surface area contributed by atoms with Crippen LogP contribution in [0.2, 0.25) is 10.0 Å². The molecule has 0 aliphatic carbocycles. The van der Waals surface area contributed by atoms with Crippen molar-refractivity contribution in [3.8, 4) is 29.9 Å². The van der Waals surface area contributed by atoms with Crippen molar-refractivity contribution >= 4 is 98.0 Å². The van der Waals surface area contributed by atoms with E-state index in [0.29, 0.717) is 32.7 Å². The van der Waals surface area contributed by atoms with Gasteiger partial charge in [0.25, 0.3) is 26.9 Å². The lowest BCUT2D eigenvalue weighted by molar-refractivity contribution is -0.193. The van der Waals surface area contributed by atoms with E-state index in [4.69, 9.17) is 53.8 Å². The van der Waals surface area contributed by atoms with Crippen LogP contribution in [0.5, 0.6) is 17.5 Å². The van der Waals surface area contributed by atoms with Gasteiger partial charge in [0.15, 0.2) is 12.4 Å². The van der Waals surface area contributed by atoms with Crippen molar-refractivity contribution in [2.24, 2.45) is 10.4 Å². The number of nitrogens with zero attached hydrogens (tertiary/aromatic N) is 8. The first kappa shape index (κ1) is 53.6. The van der Waals surface area contributed by atoms with Gasteiger partial charge in [-0.2, -0.15) is 27.3 Å². The number of sulfonamides is 1. The number of hydrogen-bond acceptors (Lipinski definition) is 16. The number of aromatic nitrogens is 6. The molecule has 3 aromatic heterocycles. The number of methoxy groups -OCH3 is 2. The number of anilines is 2. The smallest absolute Gasteiger partial charge is 0.317 e. The summed E-state index contributed by atoms with van der Waals surface area (Å²) in [5, 5.41) is 13.7. The highest BCUT2D eigenvalue weighted by molar-refractivity contribution is 7.94. The van der Waals surface area contributed by atoms with Crippen molar-refractivity contribution in [3.05, 3.63) is 62.4 Å². The molecule has 7 rings (SSSR count). The van der Waals surface area contributed by atoms with Crippen LogP contribution in [0.1, 0.15) is 25.2 Å². The Labute approximate surface area is 396 Å². The second-order valence-electron chi connectivity index (χ2n) is 15.1. The van der Waals surface area contributed by atoms with E-state index in [0.717, 1.165) is 23.3 Å². The number of terminal acetylenes is 1. The molecule has 358 valence electrons. The van der Waals surface area contributed by atoms with Crippen molar-refractivity contribution in [2.45, 2.75) is 38.9 Å². The number of fused-ring (bicyclic) bond motifs is 3. The lowest BCUT2D eigenvalue weighted by Gasteiger charge is -2.28. The molecule has 0 fully saturated rings. The topological polar surface area (TPSA) is 277 Å². The first-order chi connectivity index (χ1) is 30.8. The molecule has 1 atom stereocenters. The zero-order valence-corrected chi connectivity index (χ0v) is 41.5. The van der Waals surface area contributed by atoms with Crippen LogP contribution in [0.4, 0.5) is 21.5 Å². The van der Waals surface area contributed by atoms with Crippen LogP contribution in [0.25, 0.3) is 5.78 Å². The molecule has 1 unspecified atom stereocenters. The highest BCUT2D eigenvalue weighted by atomic mass is 35.5. The van der Waals surface area contributed by atoms with E-state index in [1.165, 1.54) is 54.9 Å². The summed E-state index contributed by atoms with van der Waals surface area (Å²) in [5.41, 5.74) is 1.38. The van der Waals surface area contributed by atoms with Gasteiger partial charge in [-0.1, -0.05) is 49.0 Å². The van der Waals surface area contributed by atoms with E-state index in [1.807, 2.05) is 9.88 Å². The number of amides is 1. The number of carboxylic acids is 1. The van der Waals surface area contributed by atoms with Gasteiger partial charge in [-0.15, -0.1) is 11.5 Å². The molecule has 4 N–H and O–H groups in total. The molecule has 5 heterocycles. The third-order valence-corrected chi connectivity index (χ3v) is 11.8. The molecule has 2 aromatic carbocycles. The second kappa shape index (κ2) is 22.6. The van der Waals surface area contributed by atoms with Gasteiger partial charge >= 0.3 is 5.97 Å². The standard InChI is InChI=1S/C18H17FN4O2S.C14H13Cl2N5O4S.C3H8NO5P.C3H9S/c1-4-5-22-13-7-12(11(19)6-14(13)25-9-16(22)24)20-17-23-10-18(2,3)8-15(23)21-26-17;1-7-4-5-8(15)12(11(7)16)20-26(22,23)14-18-13-17-9(24-2)6-10(25-3)21(13)19-14;5-3(6)1-4-2-10(7,8)9;1-4(2)3/h1,6-7H,5,8-10H2,2-3H3;4-6,20H,1-3H3;4H,1-2H2,(H,5,6)(H2,7,8,9);1-3H3/q;;;+1/p-1. The van der Waals surface area contributed by atoms with Gasteiger partial charge < -0.3 is 38.2 Å². The van der Waals surface area contributed by atoms with E-state index in [2.05, 4.69) is 67.7 Å². The average Bonchev–Trinajstić information content (AvgIpc) is 3.91. The summed E-state index contributed by atoms with van der Waals surface area (Å²) in [7, 11) is -5.08. The van der Waals surface area contributed by atoms with Crippen LogP contribution < -0.4 is 38.8 Å². The molecule has 0 bridgehead atoms. The number of nitrogens with one attached hydrogen (secondary N) is 2. The number of hydrogen-bond donors (Lipinski definition) is 4. The molecule has 5 aromatic rings. The SMILES string of the molecule is C#CCN1C(=O)COc2cc(F)c(N=c3snc4n3CC(C)(C)C4)cc21.COc1cc(OC)n2nc(S(=O)(=O)Nc3c(Cl)ccc(C)c3Cl)nc2n1.C[S+](C)C.O=C(O)CNCP(=O)([O-])O. The summed E-state index contributed by atoms with van der Waals surface area (Å²) in [5.74, 6) is 2.14. The Morgan fingerprint density at radius 2 is 1.88 bits per heavy atom. The number of ether oxygens (including phenoxy) is 3. The van der Waals surface area contributed by atoms with E-state index in [-0.39, 0.29) is 63.4 Å². The van der Waals surface area contributed by atoms with Crippen LogP contribution in [0.3, 0.4) is 0 Å². The van der Waals surface area contributed by atoms with Gasteiger partial charge in [-0.05, 0) is 40.9 Å². The predicted octanol–water partition coefficient (Wildman–Crippen LogP) is 3.47. The van der Waals surface area contributed by atoms with Crippen LogP contribution >= 0.6 is 42.3 Å². The molecule has 66 heavy (non-hydrogen) atoms. The lowest BCUT2D eigenvalue weighted by atomic mass is 9.92. The number of aryl methyl sites for hydroxylation is 1. The van der Waals surface area contributed by atoms with Crippen LogP contribution in [0.15, 0.2) is 40.5 Å². The van der Waals surface area contributed by atoms with Crippen molar-refractivity contribution in [3.63, 3.8) is 0 Å². The first-order valence-electron chi connectivity index (χ1n) is 18.9. The van der Waals surface area contributed by atoms with Crippen LogP contribution in [-0.4, -0.2) is 118 Å². The molecule has 2 aliphatic rings. The van der Waals surface area contributed by atoms with Gasteiger partial charge in [0.05, 0.1) is 79.8 Å². The molecule has 0 spiro atoms. The molecular formula is C38H46Cl2FN10O11PS3. The number of benzene rings is 2. The van der Waals surface area contributed by atoms with Crippen molar-refractivity contribution < 1.29 is 56.1 Å². The maximum atomic E-state index is 14.5. The van der Waals surface area contributed by atoms with Gasteiger partial charge in [0.1, 0.15) is 24.9 Å². The normalized spacial score (nSPS) is 14.8. The fourth-order valence-electron chi connectivity index (χ4n) is 5.65. The van der Waals surface area contributed by atoms with Crippen molar-refractivity contribution in [1.82, 2.24) is 33.8 Å². The minimum atomic E-state index is -4.35. The number of aliphatic carboxylic acids is 1. The third kappa shape index (κ3) is 14.5. The summed E-state index contributed by atoms with van der Waals surface area (Å²) in [6.45, 7) is 6.30. The fraction of sp³-hybridized carbons (Fsp3) is 0.395. The largest absolute Gasteiger partial charge is 0.778 e. The zero-order valence-electron chi connectivity index (χ0n) is 36.7. The Hall–Kier alpha value is -5.03. The summed E-state index contributed by atoms with van der Waals surface area (Å²) in [6, 6.07) is 7.41. The molecule has 0 radical (unpaired) electrons. The molecule has 28 heteroatoms. The quantitative estimate of drug-likeness (QED) is 0.0838. The first-order valence-corrected chi connectivity index (χ1v) is 26.1. The Morgan fingerprint density at radius 3 is 2.48 bits per heavy atom. The Balaban J connectivity index is 0.000000226. The number of carbonyl (C=O) groups is 2. The van der Waals surface area contributed by atoms with Gasteiger partial charge in [0.2, 0.25) is 16.6 Å². The van der Waals surface area contributed by atoms with Gasteiger partial charge in [0, 0.05) is 30.6 Å². The van der Waals surface area contributed by atoms with E-state index >= 15 is 0 Å². The van der Waals surface area contributed by atoms with E-state index in [1.54, 1.807) is 13.0 Å². The summed E-state index contributed by atoms with van der Waals surface area (Å²) in [4.78, 5) is 54.3.